The zero-order valence-corrected chi connectivity index (χ0v) is 19.2. The van der Waals surface area contributed by atoms with Crippen LogP contribution in [0.4, 0.5) is 27.8 Å². The monoisotopic (exact) mass is 454 g/mol. The smallest absolute Gasteiger partial charge is 0.270 e. The second-order valence-electron chi connectivity index (χ2n) is 7.24. The van der Waals surface area contributed by atoms with Crippen LogP contribution in [0.25, 0.3) is 10.9 Å². The first-order chi connectivity index (χ1) is 15.5. The fraction of sp³-hybridized carbons (Fsp3) is 0.364. The van der Waals surface area contributed by atoms with Crippen molar-refractivity contribution in [2.24, 2.45) is 10.2 Å². The van der Waals surface area contributed by atoms with E-state index in [1.165, 1.54) is 12.1 Å². The molecule has 3 aromatic rings. The quantitative estimate of drug-likeness (QED) is 0.211. The molecular weight excluding hydrogens is 428 g/mol. The van der Waals surface area contributed by atoms with Crippen molar-refractivity contribution in [2.75, 3.05) is 23.3 Å². The van der Waals surface area contributed by atoms with Gasteiger partial charge in [-0.1, -0.05) is 20.8 Å². The minimum Gasteiger partial charge on any atom is -0.371 e. The molecule has 10 heteroatoms. The Labute approximate surface area is 190 Å². The van der Waals surface area contributed by atoms with Crippen molar-refractivity contribution in [3.8, 4) is 0 Å². The molecule has 3 rings (SSSR count). The third-order valence-corrected chi connectivity index (χ3v) is 5.59. The van der Waals surface area contributed by atoms with E-state index in [0.29, 0.717) is 33.7 Å². The molecule has 0 aliphatic rings. The van der Waals surface area contributed by atoms with Gasteiger partial charge in [0.15, 0.2) is 5.00 Å². The molecule has 0 bridgehead atoms. The van der Waals surface area contributed by atoms with Crippen molar-refractivity contribution in [1.29, 1.82) is 0 Å². The topological polar surface area (TPSA) is 113 Å². The van der Waals surface area contributed by atoms with Gasteiger partial charge in [-0.05, 0) is 48.6 Å². The van der Waals surface area contributed by atoms with Crippen LogP contribution in [0.5, 0.6) is 0 Å². The minimum absolute atomic E-state index is 0.0265. The van der Waals surface area contributed by atoms with Crippen LogP contribution in [-0.2, 0) is 4.79 Å². The molecular formula is C22H26N6O3S. The van der Waals surface area contributed by atoms with Gasteiger partial charge < -0.3 is 10.2 Å². The van der Waals surface area contributed by atoms with Crippen molar-refractivity contribution in [3.63, 3.8) is 0 Å². The van der Waals surface area contributed by atoms with Gasteiger partial charge in [0.1, 0.15) is 5.69 Å². The first-order valence-electron chi connectivity index (χ1n) is 10.6. The molecule has 1 aromatic heterocycles. The number of azo groups is 1. The number of hydrogen-bond donors (Lipinski definition) is 1. The van der Waals surface area contributed by atoms with Gasteiger partial charge in [-0.25, -0.2) is 0 Å². The van der Waals surface area contributed by atoms with Crippen molar-refractivity contribution < 1.29 is 9.72 Å². The summed E-state index contributed by atoms with van der Waals surface area (Å²) in [5, 5.41) is 23.7. The van der Waals surface area contributed by atoms with Crippen LogP contribution in [-0.4, -0.2) is 28.3 Å². The first-order valence-corrected chi connectivity index (χ1v) is 11.4. The third kappa shape index (κ3) is 5.44. The molecule has 0 fully saturated rings. The number of anilines is 2. The summed E-state index contributed by atoms with van der Waals surface area (Å²) in [6.07, 6.45) is 2.38. The Bertz CT molecular complexity index is 1140. The molecule has 0 spiro atoms. The third-order valence-electron chi connectivity index (χ3n) is 4.83. The Morgan fingerprint density at radius 2 is 1.88 bits per heavy atom. The van der Waals surface area contributed by atoms with Gasteiger partial charge in [-0.2, -0.15) is 4.37 Å². The van der Waals surface area contributed by atoms with Crippen LogP contribution < -0.4 is 10.2 Å². The number of non-ortho nitro benzene ring substituents is 1. The van der Waals surface area contributed by atoms with E-state index < -0.39 is 4.92 Å². The molecule has 0 radical (unpaired) electrons. The average Bonchev–Trinajstić information content (AvgIpc) is 3.20. The number of fused-ring (bicyclic) bond motifs is 1. The van der Waals surface area contributed by atoms with Crippen molar-refractivity contribution in [3.05, 3.63) is 46.5 Å². The van der Waals surface area contributed by atoms with Crippen LogP contribution >= 0.6 is 11.5 Å². The highest BCUT2D eigenvalue weighted by molar-refractivity contribution is 7.11. The van der Waals surface area contributed by atoms with E-state index in [1.807, 2.05) is 18.2 Å². The summed E-state index contributed by atoms with van der Waals surface area (Å²) in [7, 11) is 0. The molecule has 0 unspecified atom stereocenters. The maximum Gasteiger partial charge on any atom is 0.270 e. The second kappa shape index (κ2) is 10.8. The highest BCUT2D eigenvalue weighted by Gasteiger charge is 2.14. The van der Waals surface area contributed by atoms with Crippen molar-refractivity contribution >= 4 is 56.1 Å². The predicted molar refractivity (Wildman–Crippen MR) is 129 cm³/mol. The number of amides is 1. The van der Waals surface area contributed by atoms with Crippen LogP contribution in [0.2, 0.25) is 0 Å². The van der Waals surface area contributed by atoms with Gasteiger partial charge in [0, 0.05) is 42.7 Å². The SMILES string of the molecule is CCCN(CCC)c1ccc(N=Nc2snc3ccc([N+](=O)[O-])cc23)c(NC(=O)CC)c1. The van der Waals surface area contributed by atoms with Gasteiger partial charge in [0.2, 0.25) is 5.91 Å². The number of benzene rings is 2. The molecule has 1 N–H and O–H groups in total. The molecule has 2 aromatic carbocycles. The fourth-order valence-electron chi connectivity index (χ4n) is 3.26. The Morgan fingerprint density at radius 1 is 1.12 bits per heavy atom. The average molecular weight is 455 g/mol. The Morgan fingerprint density at radius 3 is 2.53 bits per heavy atom. The van der Waals surface area contributed by atoms with Gasteiger partial charge in [0.05, 0.1) is 16.1 Å². The number of nitrogens with zero attached hydrogens (tertiary/aromatic N) is 5. The molecule has 0 saturated heterocycles. The number of rotatable bonds is 10. The summed E-state index contributed by atoms with van der Waals surface area (Å²) in [5.74, 6) is -0.116. The molecule has 1 amide bonds. The summed E-state index contributed by atoms with van der Waals surface area (Å²) in [6.45, 7) is 7.89. The molecule has 0 saturated carbocycles. The second-order valence-corrected chi connectivity index (χ2v) is 7.99. The normalized spacial score (nSPS) is 11.2. The van der Waals surface area contributed by atoms with E-state index in [4.69, 9.17) is 0 Å². The molecule has 0 aliphatic carbocycles. The highest BCUT2D eigenvalue weighted by atomic mass is 32.1. The Kier molecular flexibility index (Phi) is 7.82. The summed E-state index contributed by atoms with van der Waals surface area (Å²) in [6, 6.07) is 10.2. The summed E-state index contributed by atoms with van der Waals surface area (Å²) >= 11 is 1.12. The zero-order valence-electron chi connectivity index (χ0n) is 18.4. The van der Waals surface area contributed by atoms with Crippen LogP contribution in [0.15, 0.2) is 46.6 Å². The van der Waals surface area contributed by atoms with Crippen molar-refractivity contribution in [1.82, 2.24) is 4.37 Å². The molecule has 9 nitrogen and oxygen atoms in total. The number of nitro groups is 1. The maximum absolute atomic E-state index is 12.1. The summed E-state index contributed by atoms with van der Waals surface area (Å²) in [4.78, 5) is 25.0. The Hall–Kier alpha value is -3.40. The largest absolute Gasteiger partial charge is 0.371 e. The van der Waals surface area contributed by atoms with Crippen LogP contribution in [0.3, 0.4) is 0 Å². The molecule has 1 heterocycles. The number of nitrogens with one attached hydrogen (secondary N) is 1. The maximum atomic E-state index is 12.1. The number of carbonyl (C=O) groups excluding carboxylic acids is 1. The van der Waals surface area contributed by atoms with Gasteiger partial charge >= 0.3 is 0 Å². The van der Waals surface area contributed by atoms with Gasteiger partial charge in [-0.15, -0.1) is 10.2 Å². The van der Waals surface area contributed by atoms with E-state index in [2.05, 4.69) is 38.7 Å². The number of aromatic nitrogens is 1. The lowest BCUT2D eigenvalue weighted by Crippen LogP contribution is -2.25. The van der Waals surface area contributed by atoms with Gasteiger partial charge in [-0.3, -0.25) is 14.9 Å². The van der Waals surface area contributed by atoms with E-state index in [0.717, 1.165) is 43.2 Å². The number of hydrogen-bond acceptors (Lipinski definition) is 8. The lowest BCUT2D eigenvalue weighted by molar-refractivity contribution is -0.384. The van der Waals surface area contributed by atoms with E-state index >= 15 is 0 Å². The highest BCUT2D eigenvalue weighted by Crippen LogP contribution is 2.36. The van der Waals surface area contributed by atoms with E-state index in [1.54, 1.807) is 13.0 Å². The molecule has 168 valence electrons. The standard InChI is InChI=1S/C22H26N6O3S/c1-4-11-27(12-5-2)15-7-10-19(20(14-15)23-21(29)6-3)24-25-22-17-13-16(28(30)31)8-9-18(17)26-32-22/h7-10,13-14H,4-6,11-12H2,1-3H3,(H,23,29). The first kappa shape index (κ1) is 23.3. The lowest BCUT2D eigenvalue weighted by atomic mass is 10.2. The summed E-state index contributed by atoms with van der Waals surface area (Å²) < 4.78 is 4.28. The van der Waals surface area contributed by atoms with E-state index in [-0.39, 0.29) is 11.6 Å². The molecule has 0 aliphatic heterocycles. The number of carbonyl (C=O) groups is 1. The van der Waals surface area contributed by atoms with Crippen LogP contribution in [0, 0.1) is 10.1 Å². The minimum atomic E-state index is -0.451. The molecule has 0 atom stereocenters. The number of nitro benzene ring substituents is 1. The fourth-order valence-corrected chi connectivity index (χ4v) is 3.94. The summed E-state index contributed by atoms with van der Waals surface area (Å²) in [5.41, 5.74) is 2.70. The van der Waals surface area contributed by atoms with E-state index in [9.17, 15) is 14.9 Å². The van der Waals surface area contributed by atoms with Crippen LogP contribution in [0.1, 0.15) is 40.0 Å². The lowest BCUT2D eigenvalue weighted by Gasteiger charge is -2.24. The molecule has 32 heavy (non-hydrogen) atoms. The Balaban J connectivity index is 1.98. The van der Waals surface area contributed by atoms with Crippen molar-refractivity contribution in [2.45, 2.75) is 40.0 Å². The predicted octanol–water partition coefficient (Wildman–Crippen LogP) is 6.59. The zero-order chi connectivity index (χ0) is 23.1. The van der Waals surface area contributed by atoms with Gasteiger partial charge in [0.25, 0.3) is 5.69 Å².